The minimum atomic E-state index is -0.831. The van der Waals surface area contributed by atoms with Gasteiger partial charge in [0.05, 0.1) is 12.2 Å². The van der Waals surface area contributed by atoms with Crippen LogP contribution in [0, 0.1) is 0 Å². The molecule has 0 saturated heterocycles. The van der Waals surface area contributed by atoms with Crippen molar-refractivity contribution in [3.05, 3.63) is 83.9 Å². The Morgan fingerprint density at radius 1 is 1.17 bits per heavy atom. The summed E-state index contributed by atoms with van der Waals surface area (Å²) >= 11 is 0. The molecule has 1 atom stereocenters. The Morgan fingerprint density at radius 2 is 2.08 bits per heavy atom. The Kier molecular flexibility index (Phi) is 4.98. The van der Waals surface area contributed by atoms with E-state index in [2.05, 4.69) is 15.4 Å². The number of hydrogen-bond donors (Lipinski definition) is 2. The minimum Gasteiger partial charge on any atom is -0.385 e. The molecule has 24 heavy (non-hydrogen) atoms. The molecular formula is C18H18N4O2. The van der Waals surface area contributed by atoms with E-state index in [4.69, 9.17) is 0 Å². The molecule has 6 heteroatoms. The molecule has 0 fully saturated rings. The van der Waals surface area contributed by atoms with E-state index in [1.54, 1.807) is 41.3 Å². The average Bonchev–Trinajstić information content (AvgIpc) is 3.13. The van der Waals surface area contributed by atoms with Gasteiger partial charge in [-0.2, -0.15) is 5.10 Å². The van der Waals surface area contributed by atoms with Crippen LogP contribution in [0.3, 0.4) is 0 Å². The van der Waals surface area contributed by atoms with Crippen molar-refractivity contribution in [1.29, 1.82) is 0 Å². The Bertz CT molecular complexity index is 788. The first-order valence-corrected chi connectivity index (χ1v) is 7.66. The summed E-state index contributed by atoms with van der Waals surface area (Å²) in [7, 11) is 0. The monoisotopic (exact) mass is 322 g/mol. The van der Waals surface area contributed by atoms with E-state index < -0.39 is 6.10 Å². The molecule has 2 aromatic heterocycles. The van der Waals surface area contributed by atoms with Gasteiger partial charge in [0.2, 0.25) is 0 Å². The molecule has 0 unspecified atom stereocenters. The highest BCUT2D eigenvalue weighted by atomic mass is 16.3. The van der Waals surface area contributed by atoms with Crippen LogP contribution in [0.2, 0.25) is 0 Å². The number of carbonyl (C=O) groups excluding carboxylic acids is 1. The van der Waals surface area contributed by atoms with Gasteiger partial charge in [-0.05, 0) is 35.9 Å². The zero-order valence-electron chi connectivity index (χ0n) is 13.0. The second kappa shape index (κ2) is 7.52. The lowest BCUT2D eigenvalue weighted by atomic mass is 10.1. The highest BCUT2D eigenvalue weighted by Gasteiger charge is 2.12. The molecular weight excluding hydrogens is 304 g/mol. The summed E-state index contributed by atoms with van der Waals surface area (Å²) in [6, 6.07) is 14.5. The normalized spacial score (nSPS) is 11.9. The zero-order valence-corrected chi connectivity index (χ0v) is 13.0. The van der Waals surface area contributed by atoms with Crippen molar-refractivity contribution in [3.8, 4) is 0 Å². The average molecular weight is 322 g/mol. The lowest BCUT2D eigenvalue weighted by Gasteiger charge is -2.12. The molecule has 1 amide bonds. The van der Waals surface area contributed by atoms with Gasteiger partial charge in [0.25, 0.3) is 5.91 Å². The third-order valence-electron chi connectivity index (χ3n) is 3.58. The zero-order chi connectivity index (χ0) is 16.8. The largest absolute Gasteiger partial charge is 0.385 e. The Hall–Kier alpha value is -2.99. The number of nitrogens with one attached hydrogen (secondary N) is 1. The van der Waals surface area contributed by atoms with Crippen LogP contribution in [0.1, 0.15) is 27.7 Å². The topological polar surface area (TPSA) is 80.0 Å². The van der Waals surface area contributed by atoms with E-state index in [0.29, 0.717) is 17.8 Å². The van der Waals surface area contributed by atoms with Crippen LogP contribution in [0.15, 0.2) is 67.1 Å². The van der Waals surface area contributed by atoms with Crippen LogP contribution in [-0.4, -0.2) is 32.3 Å². The molecule has 0 bridgehead atoms. The van der Waals surface area contributed by atoms with Crippen LogP contribution in [0.4, 0.5) is 0 Å². The third-order valence-corrected chi connectivity index (χ3v) is 3.58. The number of pyridine rings is 1. The van der Waals surface area contributed by atoms with E-state index in [9.17, 15) is 9.90 Å². The molecule has 0 saturated carbocycles. The second-order valence-electron chi connectivity index (χ2n) is 5.38. The van der Waals surface area contributed by atoms with Crippen molar-refractivity contribution >= 4 is 5.91 Å². The second-order valence-corrected chi connectivity index (χ2v) is 5.38. The third kappa shape index (κ3) is 4.05. The molecule has 2 N–H and O–H groups in total. The minimum absolute atomic E-state index is 0.110. The molecule has 122 valence electrons. The van der Waals surface area contributed by atoms with Crippen LogP contribution < -0.4 is 5.32 Å². The van der Waals surface area contributed by atoms with E-state index in [-0.39, 0.29) is 12.5 Å². The van der Waals surface area contributed by atoms with Crippen molar-refractivity contribution in [1.82, 2.24) is 20.1 Å². The van der Waals surface area contributed by atoms with Crippen LogP contribution >= 0.6 is 0 Å². The molecule has 1 aromatic carbocycles. The molecule has 3 aromatic rings. The Balaban J connectivity index is 1.60. The summed E-state index contributed by atoms with van der Waals surface area (Å²) in [4.78, 5) is 16.3. The maximum Gasteiger partial charge on any atom is 0.251 e. The van der Waals surface area contributed by atoms with Gasteiger partial charge in [-0.3, -0.25) is 14.5 Å². The highest BCUT2D eigenvalue weighted by molar-refractivity contribution is 5.94. The van der Waals surface area contributed by atoms with Crippen LogP contribution in [0.25, 0.3) is 0 Å². The molecule has 0 aliphatic carbocycles. The van der Waals surface area contributed by atoms with Gasteiger partial charge >= 0.3 is 0 Å². The summed E-state index contributed by atoms with van der Waals surface area (Å²) in [5.41, 5.74) is 2.06. The summed E-state index contributed by atoms with van der Waals surface area (Å²) in [6.07, 6.45) is 4.37. The standard InChI is InChI=1S/C18H18N4O2/c23-17(16-7-1-2-8-19-16)12-20-18(24)15-6-3-5-14(11-15)13-22-10-4-9-21-22/h1-11,17,23H,12-13H2,(H,20,24)/t17-/m1/s1. The number of carbonyl (C=O) groups is 1. The number of nitrogens with zero attached hydrogens (tertiary/aromatic N) is 3. The molecule has 0 aliphatic heterocycles. The first-order valence-electron chi connectivity index (χ1n) is 7.66. The van der Waals surface area contributed by atoms with Gasteiger partial charge in [-0.25, -0.2) is 0 Å². The fourth-order valence-corrected chi connectivity index (χ4v) is 2.36. The van der Waals surface area contributed by atoms with E-state index in [1.165, 1.54) is 0 Å². The first-order chi connectivity index (χ1) is 11.7. The van der Waals surface area contributed by atoms with E-state index in [1.807, 2.05) is 30.5 Å². The van der Waals surface area contributed by atoms with Gasteiger partial charge in [0.1, 0.15) is 6.10 Å². The van der Waals surface area contributed by atoms with Gasteiger partial charge in [0.15, 0.2) is 0 Å². The molecule has 3 rings (SSSR count). The van der Waals surface area contributed by atoms with Gasteiger partial charge in [-0.1, -0.05) is 18.2 Å². The molecule has 0 radical (unpaired) electrons. The molecule has 2 heterocycles. The fraction of sp³-hybridized carbons (Fsp3) is 0.167. The van der Waals surface area contributed by atoms with Crippen molar-refractivity contribution in [2.24, 2.45) is 0 Å². The van der Waals surface area contributed by atoms with Crippen molar-refractivity contribution < 1.29 is 9.90 Å². The summed E-state index contributed by atoms with van der Waals surface area (Å²) in [5, 5.41) is 16.9. The van der Waals surface area contributed by atoms with Crippen molar-refractivity contribution in [2.45, 2.75) is 12.6 Å². The van der Waals surface area contributed by atoms with E-state index >= 15 is 0 Å². The molecule has 0 aliphatic rings. The van der Waals surface area contributed by atoms with Gasteiger partial charge in [-0.15, -0.1) is 0 Å². The van der Waals surface area contributed by atoms with E-state index in [0.717, 1.165) is 5.56 Å². The lowest BCUT2D eigenvalue weighted by molar-refractivity contribution is 0.0914. The molecule has 0 spiro atoms. The number of aliphatic hydroxyl groups is 1. The maximum absolute atomic E-state index is 12.3. The summed E-state index contributed by atoms with van der Waals surface area (Å²) in [5.74, 6) is -0.229. The number of hydrogen-bond acceptors (Lipinski definition) is 4. The number of aromatic nitrogens is 3. The quantitative estimate of drug-likeness (QED) is 0.725. The van der Waals surface area contributed by atoms with Crippen LogP contribution in [0.5, 0.6) is 0 Å². The maximum atomic E-state index is 12.3. The van der Waals surface area contributed by atoms with Crippen molar-refractivity contribution in [2.75, 3.05) is 6.54 Å². The number of rotatable bonds is 6. The SMILES string of the molecule is O=C(NC[C@@H](O)c1ccccn1)c1cccc(Cn2cccn2)c1. The van der Waals surface area contributed by atoms with Gasteiger partial charge < -0.3 is 10.4 Å². The highest BCUT2D eigenvalue weighted by Crippen LogP contribution is 2.10. The number of aliphatic hydroxyl groups excluding tert-OH is 1. The van der Waals surface area contributed by atoms with Crippen LogP contribution in [-0.2, 0) is 6.54 Å². The lowest BCUT2D eigenvalue weighted by Crippen LogP contribution is -2.28. The molecule has 6 nitrogen and oxygen atoms in total. The Labute approximate surface area is 139 Å². The smallest absolute Gasteiger partial charge is 0.251 e. The first kappa shape index (κ1) is 15.9. The fourth-order valence-electron chi connectivity index (χ4n) is 2.36. The predicted octanol–water partition coefficient (Wildman–Crippen LogP) is 1.79. The number of amides is 1. The van der Waals surface area contributed by atoms with Gasteiger partial charge in [0, 0.05) is 30.7 Å². The summed E-state index contributed by atoms with van der Waals surface area (Å²) < 4.78 is 1.79. The Morgan fingerprint density at radius 3 is 2.83 bits per heavy atom. The summed E-state index contributed by atoms with van der Waals surface area (Å²) in [6.45, 7) is 0.712. The van der Waals surface area contributed by atoms with Crippen molar-refractivity contribution in [3.63, 3.8) is 0 Å². The number of benzene rings is 1. The predicted molar refractivity (Wildman–Crippen MR) is 89.3 cm³/mol.